The maximum absolute atomic E-state index is 6.39. The Morgan fingerprint density at radius 2 is 1.40 bits per heavy atom. The van der Waals surface area contributed by atoms with Crippen molar-refractivity contribution in [3.8, 4) is 0 Å². The molecular formula is C13H28OS. The van der Waals surface area contributed by atoms with Gasteiger partial charge in [0.15, 0.2) is 0 Å². The van der Waals surface area contributed by atoms with Crippen LogP contribution >= 0.6 is 10.3 Å². The Labute approximate surface area is 97.5 Å². The molecule has 0 aliphatic heterocycles. The minimum absolute atomic E-state index is 0.294. The van der Waals surface area contributed by atoms with Crippen LogP contribution in [0.15, 0.2) is 0 Å². The molecule has 1 fully saturated rings. The van der Waals surface area contributed by atoms with Crippen LogP contribution in [0.4, 0.5) is 0 Å². The summed E-state index contributed by atoms with van der Waals surface area (Å²) in [6.07, 6.45) is 7.64. The van der Waals surface area contributed by atoms with Gasteiger partial charge in [-0.05, 0) is 37.2 Å². The SMILES string of the molecule is CC1CC(OS(C)(C)C(C)(C)C)CC1C. The maximum Gasteiger partial charge on any atom is 0.0706 e. The van der Waals surface area contributed by atoms with Gasteiger partial charge in [0.2, 0.25) is 0 Å². The molecule has 0 aromatic carbocycles. The third kappa shape index (κ3) is 3.13. The molecule has 1 aliphatic rings. The van der Waals surface area contributed by atoms with Crippen LogP contribution in [0.5, 0.6) is 0 Å². The Morgan fingerprint density at radius 3 is 1.73 bits per heavy atom. The Morgan fingerprint density at radius 1 is 1.00 bits per heavy atom. The minimum atomic E-state index is -0.928. The van der Waals surface area contributed by atoms with Gasteiger partial charge >= 0.3 is 0 Å². The molecule has 1 rings (SSSR count). The quantitative estimate of drug-likeness (QED) is 0.693. The standard InChI is InChI=1S/C13H28OS/c1-10-8-12(9-11(10)2)14-15(6,7)13(3,4)5/h10-12H,8-9H2,1-7H3. The predicted molar refractivity (Wildman–Crippen MR) is 71.6 cm³/mol. The second-order valence-electron chi connectivity index (χ2n) is 6.49. The maximum atomic E-state index is 6.39. The highest BCUT2D eigenvalue weighted by Crippen LogP contribution is 2.56. The summed E-state index contributed by atoms with van der Waals surface area (Å²) in [6, 6.07) is 0. The summed E-state index contributed by atoms with van der Waals surface area (Å²) in [6.45, 7) is 11.6. The van der Waals surface area contributed by atoms with Crippen LogP contribution in [0, 0.1) is 11.8 Å². The van der Waals surface area contributed by atoms with Gasteiger partial charge in [0, 0.05) is 4.75 Å². The fraction of sp³-hybridized carbons (Fsp3) is 1.00. The van der Waals surface area contributed by atoms with E-state index in [9.17, 15) is 0 Å². The van der Waals surface area contributed by atoms with Gasteiger partial charge in [-0.25, -0.2) is 0 Å². The van der Waals surface area contributed by atoms with E-state index in [0.29, 0.717) is 10.9 Å². The molecule has 0 aromatic heterocycles. The van der Waals surface area contributed by atoms with Gasteiger partial charge in [0.05, 0.1) is 6.10 Å². The van der Waals surface area contributed by atoms with Gasteiger partial charge in [-0.3, -0.25) is 0 Å². The largest absolute Gasteiger partial charge is 0.333 e. The first-order chi connectivity index (χ1) is 6.63. The molecule has 15 heavy (non-hydrogen) atoms. The van der Waals surface area contributed by atoms with Crippen LogP contribution in [0.25, 0.3) is 0 Å². The van der Waals surface area contributed by atoms with Crippen molar-refractivity contribution in [1.29, 1.82) is 0 Å². The molecule has 0 radical (unpaired) electrons. The first kappa shape index (κ1) is 13.4. The highest BCUT2D eigenvalue weighted by molar-refractivity contribution is 8.29. The average molecular weight is 232 g/mol. The fourth-order valence-electron chi connectivity index (χ4n) is 1.95. The Balaban J connectivity index is 2.56. The van der Waals surface area contributed by atoms with E-state index in [-0.39, 0.29) is 0 Å². The van der Waals surface area contributed by atoms with Crippen LogP contribution in [-0.2, 0) is 4.18 Å². The third-order valence-corrected chi connectivity index (χ3v) is 7.79. The van der Waals surface area contributed by atoms with Crippen LogP contribution in [0.1, 0.15) is 47.5 Å². The molecule has 0 heterocycles. The zero-order valence-corrected chi connectivity index (χ0v) is 12.3. The zero-order valence-electron chi connectivity index (χ0n) is 11.5. The van der Waals surface area contributed by atoms with Crippen LogP contribution in [0.2, 0.25) is 0 Å². The van der Waals surface area contributed by atoms with Crippen molar-refractivity contribution < 1.29 is 4.18 Å². The molecule has 2 unspecified atom stereocenters. The lowest BCUT2D eigenvalue weighted by Gasteiger charge is -2.45. The van der Waals surface area contributed by atoms with Crippen LogP contribution in [0.3, 0.4) is 0 Å². The normalized spacial score (nSPS) is 34.5. The van der Waals surface area contributed by atoms with Gasteiger partial charge in [-0.1, -0.05) is 34.6 Å². The van der Waals surface area contributed by atoms with Gasteiger partial charge in [-0.15, -0.1) is 10.3 Å². The van der Waals surface area contributed by atoms with Crippen LogP contribution < -0.4 is 0 Å². The summed E-state index contributed by atoms with van der Waals surface area (Å²) in [5.74, 6) is 1.68. The summed E-state index contributed by atoms with van der Waals surface area (Å²) in [5, 5.41) is 0. The van der Waals surface area contributed by atoms with E-state index in [0.717, 1.165) is 11.8 Å². The number of hydrogen-bond acceptors (Lipinski definition) is 1. The summed E-state index contributed by atoms with van der Waals surface area (Å²) in [5.41, 5.74) is 0. The van der Waals surface area contributed by atoms with Gasteiger partial charge in [0.1, 0.15) is 0 Å². The molecule has 0 bridgehead atoms. The summed E-state index contributed by atoms with van der Waals surface area (Å²) >= 11 is 0. The lowest BCUT2D eigenvalue weighted by atomic mass is 10.0. The monoisotopic (exact) mass is 232 g/mol. The summed E-state index contributed by atoms with van der Waals surface area (Å²) in [7, 11) is -0.928. The van der Waals surface area contributed by atoms with Crippen molar-refractivity contribution in [2.75, 3.05) is 12.5 Å². The van der Waals surface area contributed by atoms with Crippen molar-refractivity contribution in [3.63, 3.8) is 0 Å². The van der Waals surface area contributed by atoms with Crippen LogP contribution in [-0.4, -0.2) is 23.4 Å². The molecule has 1 nitrogen and oxygen atoms in total. The Hall–Kier alpha value is 0.310. The lowest BCUT2D eigenvalue weighted by Crippen LogP contribution is -2.28. The highest BCUT2D eigenvalue weighted by Gasteiger charge is 2.36. The molecule has 2 atom stereocenters. The minimum Gasteiger partial charge on any atom is -0.333 e. The van der Waals surface area contributed by atoms with E-state index < -0.39 is 10.3 Å². The van der Waals surface area contributed by atoms with E-state index in [2.05, 4.69) is 47.1 Å². The molecule has 0 saturated heterocycles. The molecule has 92 valence electrons. The molecule has 2 heteroatoms. The van der Waals surface area contributed by atoms with Crippen molar-refractivity contribution in [3.05, 3.63) is 0 Å². The average Bonchev–Trinajstić information content (AvgIpc) is 2.27. The second kappa shape index (κ2) is 4.29. The van der Waals surface area contributed by atoms with Gasteiger partial charge < -0.3 is 4.18 Å². The molecule has 0 spiro atoms. The Kier molecular flexibility index (Phi) is 3.83. The summed E-state index contributed by atoms with van der Waals surface area (Å²) < 4.78 is 6.68. The fourth-order valence-corrected chi connectivity index (χ4v) is 3.08. The van der Waals surface area contributed by atoms with Crippen molar-refractivity contribution >= 4 is 10.3 Å². The van der Waals surface area contributed by atoms with Gasteiger partial charge in [-0.2, -0.15) is 0 Å². The van der Waals surface area contributed by atoms with E-state index in [1.165, 1.54) is 12.8 Å². The van der Waals surface area contributed by atoms with E-state index in [1.807, 2.05) is 0 Å². The number of rotatable bonds is 2. The smallest absolute Gasteiger partial charge is 0.0706 e. The van der Waals surface area contributed by atoms with Crippen molar-refractivity contribution in [1.82, 2.24) is 0 Å². The number of hydrogen-bond donors (Lipinski definition) is 0. The second-order valence-corrected chi connectivity index (χ2v) is 10.4. The molecule has 1 aliphatic carbocycles. The molecule has 1 saturated carbocycles. The topological polar surface area (TPSA) is 9.23 Å². The van der Waals surface area contributed by atoms with Gasteiger partial charge in [0.25, 0.3) is 0 Å². The Bertz CT molecular complexity index is 207. The third-order valence-electron chi connectivity index (χ3n) is 4.09. The van der Waals surface area contributed by atoms with E-state index in [4.69, 9.17) is 4.18 Å². The lowest BCUT2D eigenvalue weighted by molar-refractivity contribution is 0.227. The first-order valence-electron chi connectivity index (χ1n) is 6.04. The zero-order chi connectivity index (χ0) is 11.9. The van der Waals surface area contributed by atoms with E-state index >= 15 is 0 Å². The highest BCUT2D eigenvalue weighted by atomic mass is 32.3. The molecular weight excluding hydrogens is 204 g/mol. The first-order valence-corrected chi connectivity index (χ1v) is 8.42. The van der Waals surface area contributed by atoms with E-state index in [1.54, 1.807) is 0 Å². The summed E-state index contributed by atoms with van der Waals surface area (Å²) in [4.78, 5) is 0. The molecule has 0 N–H and O–H groups in total. The van der Waals surface area contributed by atoms with Crippen molar-refractivity contribution in [2.24, 2.45) is 11.8 Å². The molecule has 0 aromatic rings. The van der Waals surface area contributed by atoms with Crippen molar-refractivity contribution in [2.45, 2.75) is 58.3 Å². The molecule has 0 amide bonds. The predicted octanol–water partition coefficient (Wildman–Crippen LogP) is 4.22.